The zero-order chi connectivity index (χ0) is 22.8. The standard InChI is InChI=1S/C25H19ClO6/c1-14-21-9-8-18(31-24(27)16-10-19(29-2)12-20(11-16)30-3)13-22(21)32-25(28)23(14)15-4-6-17(26)7-5-15/h4-13H,1-3H3. The highest BCUT2D eigenvalue weighted by Gasteiger charge is 2.16. The second-order valence-corrected chi connectivity index (χ2v) is 7.48. The van der Waals surface area contributed by atoms with E-state index < -0.39 is 11.6 Å². The fourth-order valence-electron chi connectivity index (χ4n) is 3.44. The summed E-state index contributed by atoms with van der Waals surface area (Å²) in [6.45, 7) is 1.84. The topological polar surface area (TPSA) is 75.0 Å². The van der Waals surface area contributed by atoms with E-state index in [1.165, 1.54) is 20.3 Å². The summed E-state index contributed by atoms with van der Waals surface area (Å²) >= 11 is 5.95. The lowest BCUT2D eigenvalue weighted by Gasteiger charge is -2.11. The van der Waals surface area contributed by atoms with Crippen LogP contribution in [-0.4, -0.2) is 20.2 Å². The molecule has 162 valence electrons. The van der Waals surface area contributed by atoms with E-state index in [2.05, 4.69) is 0 Å². The first kappa shape index (κ1) is 21.5. The van der Waals surface area contributed by atoms with Crippen molar-refractivity contribution in [2.24, 2.45) is 0 Å². The van der Waals surface area contributed by atoms with E-state index >= 15 is 0 Å². The van der Waals surface area contributed by atoms with Crippen molar-refractivity contribution >= 4 is 28.5 Å². The molecule has 0 aliphatic rings. The second-order valence-electron chi connectivity index (χ2n) is 7.05. The number of rotatable bonds is 5. The van der Waals surface area contributed by atoms with Gasteiger partial charge in [-0.05, 0) is 54.4 Å². The second kappa shape index (κ2) is 8.77. The molecule has 0 saturated heterocycles. The molecule has 4 rings (SSSR count). The zero-order valence-electron chi connectivity index (χ0n) is 17.6. The van der Waals surface area contributed by atoms with Crippen LogP contribution in [0.25, 0.3) is 22.1 Å². The summed E-state index contributed by atoms with van der Waals surface area (Å²) in [7, 11) is 2.99. The Morgan fingerprint density at radius 3 is 2.16 bits per heavy atom. The molecule has 0 bridgehead atoms. The molecule has 1 heterocycles. The minimum absolute atomic E-state index is 0.242. The molecule has 4 aromatic rings. The third kappa shape index (κ3) is 4.18. The lowest BCUT2D eigenvalue weighted by atomic mass is 10.00. The molecule has 0 fully saturated rings. The Kier molecular flexibility index (Phi) is 5.88. The first-order valence-corrected chi connectivity index (χ1v) is 10.1. The molecule has 0 radical (unpaired) electrons. The number of fused-ring (bicyclic) bond motifs is 1. The van der Waals surface area contributed by atoms with Gasteiger partial charge in [-0.2, -0.15) is 0 Å². The van der Waals surface area contributed by atoms with E-state index in [1.807, 2.05) is 6.92 Å². The molecule has 32 heavy (non-hydrogen) atoms. The van der Waals surface area contributed by atoms with Crippen LogP contribution in [0.15, 0.2) is 69.9 Å². The van der Waals surface area contributed by atoms with Gasteiger partial charge in [0.2, 0.25) is 0 Å². The summed E-state index contributed by atoms with van der Waals surface area (Å²) in [5, 5.41) is 1.31. The molecule has 0 N–H and O–H groups in total. The highest BCUT2D eigenvalue weighted by molar-refractivity contribution is 6.30. The van der Waals surface area contributed by atoms with Crippen molar-refractivity contribution in [3.63, 3.8) is 0 Å². The van der Waals surface area contributed by atoms with Crippen LogP contribution in [-0.2, 0) is 0 Å². The highest BCUT2D eigenvalue weighted by atomic mass is 35.5. The first-order chi connectivity index (χ1) is 15.4. The summed E-state index contributed by atoms with van der Waals surface area (Å²) < 4.78 is 21.4. The molecular weight excluding hydrogens is 432 g/mol. The number of carbonyl (C=O) groups is 1. The van der Waals surface area contributed by atoms with Gasteiger partial charge in [0, 0.05) is 22.5 Å². The maximum atomic E-state index is 12.7. The van der Waals surface area contributed by atoms with Crippen molar-refractivity contribution in [2.45, 2.75) is 6.92 Å². The summed E-state index contributed by atoms with van der Waals surface area (Å²) in [6, 6.07) is 16.7. The van der Waals surface area contributed by atoms with Crippen molar-refractivity contribution in [3.05, 3.63) is 87.2 Å². The van der Waals surface area contributed by atoms with Crippen molar-refractivity contribution in [1.29, 1.82) is 0 Å². The average molecular weight is 451 g/mol. The first-order valence-electron chi connectivity index (χ1n) is 9.68. The van der Waals surface area contributed by atoms with Gasteiger partial charge in [-0.15, -0.1) is 0 Å². The Morgan fingerprint density at radius 1 is 0.875 bits per heavy atom. The van der Waals surface area contributed by atoms with Crippen LogP contribution < -0.4 is 19.8 Å². The van der Waals surface area contributed by atoms with Crippen molar-refractivity contribution in [1.82, 2.24) is 0 Å². The van der Waals surface area contributed by atoms with Crippen LogP contribution in [0.1, 0.15) is 15.9 Å². The minimum Gasteiger partial charge on any atom is -0.497 e. The smallest absolute Gasteiger partial charge is 0.344 e. The van der Waals surface area contributed by atoms with Crippen LogP contribution in [0.2, 0.25) is 5.02 Å². The molecule has 1 aromatic heterocycles. The molecule has 6 nitrogen and oxygen atoms in total. The number of hydrogen-bond donors (Lipinski definition) is 0. The van der Waals surface area contributed by atoms with Crippen molar-refractivity contribution < 1.29 is 23.4 Å². The monoisotopic (exact) mass is 450 g/mol. The summed E-state index contributed by atoms with van der Waals surface area (Å²) in [6.07, 6.45) is 0. The van der Waals surface area contributed by atoms with E-state index in [4.69, 9.17) is 30.2 Å². The lowest BCUT2D eigenvalue weighted by molar-refractivity contribution is 0.0734. The Morgan fingerprint density at radius 2 is 1.53 bits per heavy atom. The van der Waals surface area contributed by atoms with Crippen LogP contribution in [0.4, 0.5) is 0 Å². The molecule has 0 unspecified atom stereocenters. The quantitative estimate of drug-likeness (QED) is 0.222. The number of methoxy groups -OCH3 is 2. The molecule has 7 heteroatoms. The summed E-state index contributed by atoms with van der Waals surface area (Å²) in [5.41, 5.74) is 2.02. The third-order valence-electron chi connectivity index (χ3n) is 5.07. The van der Waals surface area contributed by atoms with E-state index in [-0.39, 0.29) is 11.3 Å². The maximum absolute atomic E-state index is 12.7. The maximum Gasteiger partial charge on any atom is 0.344 e. The van der Waals surface area contributed by atoms with Crippen molar-refractivity contribution in [3.8, 4) is 28.4 Å². The molecule has 3 aromatic carbocycles. The fourth-order valence-corrected chi connectivity index (χ4v) is 3.57. The van der Waals surface area contributed by atoms with Gasteiger partial charge in [-0.1, -0.05) is 23.7 Å². The van der Waals surface area contributed by atoms with Gasteiger partial charge in [0.1, 0.15) is 22.8 Å². The Bertz CT molecular complexity index is 1350. The summed E-state index contributed by atoms with van der Waals surface area (Å²) in [4.78, 5) is 25.4. The number of carbonyl (C=O) groups excluding carboxylic acids is 1. The lowest BCUT2D eigenvalue weighted by Crippen LogP contribution is -2.09. The van der Waals surface area contributed by atoms with Gasteiger partial charge in [0.15, 0.2) is 0 Å². The highest BCUT2D eigenvalue weighted by Crippen LogP contribution is 2.30. The molecule has 0 aliphatic heterocycles. The summed E-state index contributed by atoms with van der Waals surface area (Å²) in [5.74, 6) is 0.571. The van der Waals surface area contributed by atoms with E-state index in [0.29, 0.717) is 33.2 Å². The molecular formula is C25H19ClO6. The number of aryl methyl sites for hydroxylation is 1. The third-order valence-corrected chi connectivity index (χ3v) is 5.32. The van der Waals surface area contributed by atoms with Gasteiger partial charge in [0.05, 0.1) is 25.3 Å². The predicted octanol–water partition coefficient (Wildman–Crippen LogP) is 5.66. The van der Waals surface area contributed by atoms with Crippen molar-refractivity contribution in [2.75, 3.05) is 14.2 Å². The van der Waals surface area contributed by atoms with Crippen LogP contribution in [0.3, 0.4) is 0 Å². The Labute approximate surface area is 188 Å². The number of halogens is 1. The van der Waals surface area contributed by atoms with Crippen LogP contribution in [0.5, 0.6) is 17.2 Å². The van der Waals surface area contributed by atoms with Gasteiger partial charge in [-0.25, -0.2) is 9.59 Å². The number of esters is 1. The zero-order valence-corrected chi connectivity index (χ0v) is 18.4. The fraction of sp³-hybridized carbons (Fsp3) is 0.120. The van der Waals surface area contributed by atoms with Crippen LogP contribution >= 0.6 is 11.6 Å². The van der Waals surface area contributed by atoms with E-state index in [9.17, 15) is 9.59 Å². The normalized spacial score (nSPS) is 10.8. The molecule has 0 amide bonds. The number of benzene rings is 3. The van der Waals surface area contributed by atoms with Gasteiger partial charge in [0.25, 0.3) is 0 Å². The SMILES string of the molecule is COc1cc(OC)cc(C(=O)Oc2ccc3c(C)c(-c4ccc(Cl)cc4)c(=O)oc3c2)c1. The van der Waals surface area contributed by atoms with Gasteiger partial charge in [-0.3, -0.25) is 0 Å². The Balaban J connectivity index is 1.69. The molecule has 0 saturated carbocycles. The number of hydrogen-bond acceptors (Lipinski definition) is 6. The largest absolute Gasteiger partial charge is 0.497 e. The van der Waals surface area contributed by atoms with Crippen LogP contribution in [0, 0.1) is 6.92 Å². The minimum atomic E-state index is -0.599. The predicted molar refractivity (Wildman–Crippen MR) is 122 cm³/mol. The van der Waals surface area contributed by atoms with E-state index in [0.717, 1.165) is 10.9 Å². The molecule has 0 atom stereocenters. The average Bonchev–Trinajstić information content (AvgIpc) is 2.79. The molecule has 0 aliphatic carbocycles. The molecule has 0 spiro atoms. The number of ether oxygens (including phenoxy) is 3. The van der Waals surface area contributed by atoms with E-state index in [1.54, 1.807) is 54.6 Å². The van der Waals surface area contributed by atoms with Gasteiger partial charge >= 0.3 is 11.6 Å². The van der Waals surface area contributed by atoms with Gasteiger partial charge < -0.3 is 18.6 Å². The Hall–Kier alpha value is -3.77.